The number of hydrogen-bond acceptors (Lipinski definition) is 5. The minimum atomic E-state index is -4.49. The van der Waals surface area contributed by atoms with Crippen LogP contribution in [0.3, 0.4) is 0 Å². The molecule has 164 valence electrons. The van der Waals surface area contributed by atoms with Gasteiger partial charge in [-0.25, -0.2) is 0 Å². The predicted molar refractivity (Wildman–Crippen MR) is 107 cm³/mol. The molecule has 0 spiro atoms. The van der Waals surface area contributed by atoms with Gasteiger partial charge in [-0.15, -0.1) is 0 Å². The van der Waals surface area contributed by atoms with E-state index in [4.69, 9.17) is 9.26 Å². The average molecular weight is 433 g/mol. The van der Waals surface area contributed by atoms with Crippen molar-refractivity contribution in [1.82, 2.24) is 15.5 Å². The molecule has 0 aliphatic rings. The maximum Gasteiger partial charge on any atom is 0.416 e. The van der Waals surface area contributed by atoms with Gasteiger partial charge in [-0.1, -0.05) is 35.5 Å². The second kappa shape index (κ2) is 9.20. The molecule has 0 saturated heterocycles. The highest BCUT2D eigenvalue weighted by molar-refractivity contribution is 5.78. The van der Waals surface area contributed by atoms with Crippen molar-refractivity contribution in [2.24, 2.45) is 0 Å². The number of nitrogens with one attached hydrogen (secondary N) is 1. The Labute approximate surface area is 177 Å². The molecule has 1 N–H and O–H groups in total. The highest BCUT2D eigenvalue weighted by Gasteiger charge is 2.35. The number of nitrogens with zero attached hydrogens (tertiary/aromatic N) is 2. The van der Waals surface area contributed by atoms with Gasteiger partial charge in [0.1, 0.15) is 5.75 Å². The molecular weight excluding hydrogens is 411 g/mol. The number of methoxy groups -OCH3 is 1. The summed E-state index contributed by atoms with van der Waals surface area (Å²) < 4.78 is 50.1. The number of halogens is 3. The molecule has 1 amide bonds. The second-order valence-corrected chi connectivity index (χ2v) is 7.09. The van der Waals surface area contributed by atoms with Gasteiger partial charge in [-0.05, 0) is 43.2 Å². The molecule has 2 atom stereocenters. The second-order valence-electron chi connectivity index (χ2n) is 7.09. The summed E-state index contributed by atoms with van der Waals surface area (Å²) in [7, 11) is 1.57. The van der Waals surface area contributed by atoms with Crippen LogP contribution in [0.25, 0.3) is 0 Å². The first-order valence-electron chi connectivity index (χ1n) is 9.61. The monoisotopic (exact) mass is 433 g/mol. The summed E-state index contributed by atoms with van der Waals surface area (Å²) in [4.78, 5) is 16.5. The zero-order valence-corrected chi connectivity index (χ0v) is 17.2. The van der Waals surface area contributed by atoms with Crippen LogP contribution in [0.4, 0.5) is 13.2 Å². The minimum Gasteiger partial charge on any atom is -0.497 e. The maximum absolute atomic E-state index is 13.3. The van der Waals surface area contributed by atoms with Crippen LogP contribution in [0.2, 0.25) is 0 Å². The summed E-state index contributed by atoms with van der Waals surface area (Å²) in [5, 5.41) is 6.58. The van der Waals surface area contributed by atoms with E-state index in [0.717, 1.165) is 11.6 Å². The molecule has 6 nitrogen and oxygen atoms in total. The van der Waals surface area contributed by atoms with Crippen LogP contribution in [0.5, 0.6) is 5.75 Å². The van der Waals surface area contributed by atoms with Crippen molar-refractivity contribution in [1.29, 1.82) is 0 Å². The zero-order chi connectivity index (χ0) is 22.6. The quantitative estimate of drug-likeness (QED) is 0.586. The van der Waals surface area contributed by atoms with Gasteiger partial charge in [0, 0.05) is 0 Å². The van der Waals surface area contributed by atoms with E-state index < -0.39 is 17.7 Å². The smallest absolute Gasteiger partial charge is 0.416 e. The van der Waals surface area contributed by atoms with Crippen molar-refractivity contribution in [2.45, 2.75) is 38.4 Å². The lowest BCUT2D eigenvalue weighted by Crippen LogP contribution is -2.28. The van der Waals surface area contributed by atoms with Gasteiger partial charge in [0.2, 0.25) is 11.8 Å². The van der Waals surface area contributed by atoms with Gasteiger partial charge in [0.15, 0.2) is 5.82 Å². The van der Waals surface area contributed by atoms with Gasteiger partial charge >= 0.3 is 6.18 Å². The van der Waals surface area contributed by atoms with Crippen molar-refractivity contribution < 1.29 is 27.2 Å². The lowest BCUT2D eigenvalue weighted by molar-refractivity contribution is -0.138. The lowest BCUT2D eigenvalue weighted by Gasteiger charge is -2.15. The number of hydrogen-bond donors (Lipinski definition) is 1. The molecule has 1 aromatic heterocycles. The third kappa shape index (κ3) is 5.42. The third-order valence-corrected chi connectivity index (χ3v) is 4.90. The van der Waals surface area contributed by atoms with Crippen molar-refractivity contribution in [3.8, 4) is 5.75 Å². The summed E-state index contributed by atoms with van der Waals surface area (Å²) in [5.74, 6) is -0.282. The minimum absolute atomic E-state index is 0.0164. The molecule has 0 bridgehead atoms. The number of carbonyl (C=O) groups is 1. The first kappa shape index (κ1) is 22.3. The molecule has 1 heterocycles. The van der Waals surface area contributed by atoms with Gasteiger partial charge in [-0.3, -0.25) is 4.79 Å². The van der Waals surface area contributed by atoms with E-state index in [1.165, 1.54) is 18.2 Å². The number of alkyl halides is 3. The van der Waals surface area contributed by atoms with Crippen LogP contribution in [0.15, 0.2) is 53.1 Å². The summed E-state index contributed by atoms with van der Waals surface area (Å²) in [6.07, 6.45) is -4.65. The number of rotatable bonds is 7. The summed E-state index contributed by atoms with van der Waals surface area (Å²) in [6.45, 7) is 3.38. The van der Waals surface area contributed by atoms with Crippen LogP contribution in [-0.2, 0) is 17.4 Å². The molecule has 31 heavy (non-hydrogen) atoms. The first-order chi connectivity index (χ1) is 14.7. The van der Waals surface area contributed by atoms with E-state index in [1.807, 2.05) is 19.1 Å². The van der Waals surface area contributed by atoms with E-state index in [2.05, 4.69) is 15.5 Å². The van der Waals surface area contributed by atoms with Gasteiger partial charge in [0.25, 0.3) is 0 Å². The third-order valence-electron chi connectivity index (χ3n) is 4.90. The van der Waals surface area contributed by atoms with E-state index in [1.54, 1.807) is 26.2 Å². The Morgan fingerprint density at radius 2 is 1.81 bits per heavy atom. The fourth-order valence-corrected chi connectivity index (χ4v) is 3.19. The number of carbonyl (C=O) groups excluding carboxylic acids is 1. The highest BCUT2D eigenvalue weighted by atomic mass is 19.4. The molecule has 0 radical (unpaired) electrons. The standard InChI is InChI=1S/C22H22F3N3O3/c1-13(17-6-4-5-7-18(17)22(23,24)25)21-27-19(28-31-21)12-20(29)26-14(2)15-8-10-16(30-3)11-9-15/h4-11,13-14H,12H2,1-3H3,(H,26,29). The zero-order valence-electron chi connectivity index (χ0n) is 17.2. The molecule has 0 fully saturated rings. The highest BCUT2D eigenvalue weighted by Crippen LogP contribution is 2.36. The van der Waals surface area contributed by atoms with Crippen LogP contribution in [0, 0.1) is 0 Å². The molecule has 0 aliphatic carbocycles. The number of aromatic nitrogens is 2. The van der Waals surface area contributed by atoms with Crippen LogP contribution in [0.1, 0.15) is 54.2 Å². The Morgan fingerprint density at radius 3 is 2.45 bits per heavy atom. The van der Waals surface area contributed by atoms with Crippen molar-refractivity contribution in [3.05, 3.63) is 76.9 Å². The molecule has 3 aromatic rings. The molecular formula is C22H22F3N3O3. The van der Waals surface area contributed by atoms with Crippen LogP contribution < -0.4 is 10.1 Å². The Kier molecular flexibility index (Phi) is 6.62. The van der Waals surface area contributed by atoms with Crippen LogP contribution >= 0.6 is 0 Å². The van der Waals surface area contributed by atoms with Crippen molar-refractivity contribution in [3.63, 3.8) is 0 Å². The Balaban J connectivity index is 1.66. The van der Waals surface area contributed by atoms with Crippen LogP contribution in [-0.4, -0.2) is 23.2 Å². The normalized spacial score (nSPS) is 13.5. The largest absolute Gasteiger partial charge is 0.497 e. The Bertz CT molecular complexity index is 1030. The van der Waals surface area contributed by atoms with Gasteiger partial charge in [0.05, 0.1) is 31.1 Å². The Morgan fingerprint density at radius 1 is 1.13 bits per heavy atom. The van der Waals surface area contributed by atoms with Gasteiger partial charge in [-0.2, -0.15) is 18.2 Å². The predicted octanol–water partition coefficient (Wildman–Crippen LogP) is 4.67. The molecule has 0 aliphatic heterocycles. The molecule has 9 heteroatoms. The number of amides is 1. The molecule has 0 saturated carbocycles. The molecule has 2 aromatic carbocycles. The average Bonchev–Trinajstić information content (AvgIpc) is 3.20. The van der Waals surface area contributed by atoms with Gasteiger partial charge < -0.3 is 14.6 Å². The van der Waals surface area contributed by atoms with E-state index in [-0.39, 0.29) is 35.6 Å². The molecule has 3 rings (SSSR count). The topological polar surface area (TPSA) is 77.2 Å². The fourth-order valence-electron chi connectivity index (χ4n) is 3.19. The van der Waals surface area contributed by atoms with E-state index in [9.17, 15) is 18.0 Å². The number of ether oxygens (including phenoxy) is 1. The molecule has 2 unspecified atom stereocenters. The first-order valence-corrected chi connectivity index (χ1v) is 9.61. The van der Waals surface area contributed by atoms with E-state index >= 15 is 0 Å². The van der Waals surface area contributed by atoms with E-state index in [0.29, 0.717) is 5.75 Å². The Hall–Kier alpha value is -3.36. The lowest BCUT2D eigenvalue weighted by atomic mass is 9.95. The summed E-state index contributed by atoms with van der Waals surface area (Å²) in [6, 6.07) is 12.2. The van der Waals surface area contributed by atoms with Crippen molar-refractivity contribution in [2.75, 3.05) is 7.11 Å². The SMILES string of the molecule is COc1ccc(C(C)NC(=O)Cc2noc(C(C)c3ccccc3C(F)(F)F)n2)cc1. The maximum atomic E-state index is 13.3. The summed E-state index contributed by atoms with van der Waals surface area (Å²) >= 11 is 0. The number of benzene rings is 2. The van der Waals surface area contributed by atoms with Crippen molar-refractivity contribution >= 4 is 5.91 Å². The summed E-state index contributed by atoms with van der Waals surface area (Å²) in [5.41, 5.74) is 0.163. The fraction of sp³-hybridized carbons (Fsp3) is 0.318.